The summed E-state index contributed by atoms with van der Waals surface area (Å²) < 4.78 is 5.45. The maximum atomic E-state index is 13.8. The highest BCUT2D eigenvalue weighted by Crippen LogP contribution is 2.35. The summed E-state index contributed by atoms with van der Waals surface area (Å²) in [6, 6.07) is 5.53. The first-order valence-corrected chi connectivity index (χ1v) is 15.3. The molecule has 2 aliphatic rings. The predicted molar refractivity (Wildman–Crippen MR) is 152 cm³/mol. The van der Waals surface area contributed by atoms with Crippen molar-refractivity contribution in [1.29, 1.82) is 0 Å². The lowest BCUT2D eigenvalue weighted by molar-refractivity contribution is -0.149. The molecule has 0 heterocycles. The standard InChI is InChI=1S/C30H44N2O6S/c1-4-5-18-38-27(35)24(19-21-12-14-23(33)15-13-21)31-29(37)30(16-8-9-17-30)32-26(34)25(20(2)3)39-28(36)22-10-6-7-11-22/h12-15,20,22,24-25,33H,4-11,16-19H2,1-3H3,(H,31,37)(H,32,34)/t24-,25+/m0/s1. The Hall–Kier alpha value is -2.55. The molecule has 0 bridgehead atoms. The number of carbonyl (C=O) groups is 4. The molecule has 2 atom stereocenters. The van der Waals surface area contributed by atoms with Crippen LogP contribution >= 0.6 is 11.8 Å². The van der Waals surface area contributed by atoms with E-state index in [1.54, 1.807) is 12.1 Å². The molecule has 39 heavy (non-hydrogen) atoms. The zero-order valence-electron chi connectivity index (χ0n) is 23.5. The number of phenols is 1. The third kappa shape index (κ3) is 8.72. The highest BCUT2D eigenvalue weighted by molar-refractivity contribution is 8.14. The number of benzene rings is 1. The first-order valence-electron chi connectivity index (χ1n) is 14.4. The Labute approximate surface area is 236 Å². The van der Waals surface area contributed by atoms with E-state index in [2.05, 4.69) is 10.6 Å². The zero-order chi connectivity index (χ0) is 28.4. The lowest BCUT2D eigenvalue weighted by Crippen LogP contribution is -2.61. The summed E-state index contributed by atoms with van der Waals surface area (Å²) in [6.07, 6.45) is 8.12. The van der Waals surface area contributed by atoms with Gasteiger partial charge in [0.15, 0.2) is 5.12 Å². The fourth-order valence-corrected chi connectivity index (χ4v) is 6.46. The predicted octanol–water partition coefficient (Wildman–Crippen LogP) is 4.67. The maximum absolute atomic E-state index is 13.8. The molecular formula is C30H44N2O6S. The van der Waals surface area contributed by atoms with Gasteiger partial charge in [0.25, 0.3) is 0 Å². The number of phenolic OH excluding ortho intramolecular Hbond substituents is 1. The molecule has 0 aliphatic heterocycles. The number of hydrogen-bond acceptors (Lipinski definition) is 7. The molecular weight excluding hydrogens is 516 g/mol. The SMILES string of the molecule is CCCCOC(=O)[C@H](Cc1ccc(O)cc1)NC(=O)C1(NC(=O)[C@H](SC(=O)C2CCCC2)C(C)C)CCCC1. The first-order chi connectivity index (χ1) is 18.6. The topological polar surface area (TPSA) is 122 Å². The summed E-state index contributed by atoms with van der Waals surface area (Å²) in [5.74, 6) is -1.20. The van der Waals surface area contributed by atoms with Gasteiger partial charge in [-0.15, -0.1) is 0 Å². The van der Waals surface area contributed by atoms with Crippen molar-refractivity contribution in [2.45, 2.75) is 108 Å². The van der Waals surface area contributed by atoms with Gasteiger partial charge in [0.05, 0.1) is 11.9 Å². The van der Waals surface area contributed by atoms with Crippen LogP contribution in [-0.4, -0.2) is 51.4 Å². The second-order valence-electron chi connectivity index (χ2n) is 11.3. The minimum atomic E-state index is -1.14. The van der Waals surface area contributed by atoms with Crippen LogP contribution in [0.25, 0.3) is 0 Å². The summed E-state index contributed by atoms with van der Waals surface area (Å²) in [5, 5.41) is 15.0. The summed E-state index contributed by atoms with van der Waals surface area (Å²) in [7, 11) is 0. The summed E-state index contributed by atoms with van der Waals surface area (Å²) in [5.41, 5.74) is -0.380. The van der Waals surface area contributed by atoms with Gasteiger partial charge in [0, 0.05) is 12.3 Å². The Morgan fingerprint density at radius 3 is 2.28 bits per heavy atom. The molecule has 2 fully saturated rings. The number of aromatic hydroxyl groups is 1. The van der Waals surface area contributed by atoms with Crippen molar-refractivity contribution in [3.05, 3.63) is 29.8 Å². The molecule has 216 valence electrons. The van der Waals surface area contributed by atoms with Gasteiger partial charge in [0.2, 0.25) is 11.8 Å². The van der Waals surface area contributed by atoms with Gasteiger partial charge in [-0.25, -0.2) is 4.79 Å². The number of ether oxygens (including phenoxy) is 1. The summed E-state index contributed by atoms with van der Waals surface area (Å²) in [4.78, 5) is 53.2. The van der Waals surface area contributed by atoms with Gasteiger partial charge < -0.3 is 20.5 Å². The van der Waals surface area contributed by atoms with E-state index >= 15 is 0 Å². The molecule has 2 amide bonds. The van der Waals surface area contributed by atoms with E-state index in [0.717, 1.165) is 68.7 Å². The van der Waals surface area contributed by atoms with E-state index in [1.165, 1.54) is 12.1 Å². The molecule has 0 saturated heterocycles. The van der Waals surface area contributed by atoms with Gasteiger partial charge in [-0.05, 0) is 55.7 Å². The van der Waals surface area contributed by atoms with Crippen LogP contribution < -0.4 is 10.6 Å². The molecule has 1 aromatic carbocycles. The molecule has 0 aromatic heterocycles. The van der Waals surface area contributed by atoms with E-state index in [4.69, 9.17) is 4.74 Å². The van der Waals surface area contributed by atoms with Crippen molar-refractivity contribution >= 4 is 34.7 Å². The van der Waals surface area contributed by atoms with Gasteiger partial charge >= 0.3 is 5.97 Å². The summed E-state index contributed by atoms with van der Waals surface area (Å²) in [6.45, 7) is 6.10. The van der Waals surface area contributed by atoms with Gasteiger partial charge in [0.1, 0.15) is 17.3 Å². The van der Waals surface area contributed by atoms with Gasteiger partial charge in [-0.3, -0.25) is 14.4 Å². The molecule has 9 heteroatoms. The van der Waals surface area contributed by atoms with E-state index in [-0.39, 0.29) is 41.6 Å². The highest BCUT2D eigenvalue weighted by atomic mass is 32.2. The largest absolute Gasteiger partial charge is 0.508 e. The number of hydrogen-bond donors (Lipinski definition) is 3. The monoisotopic (exact) mass is 560 g/mol. The van der Waals surface area contributed by atoms with Crippen LogP contribution in [0.1, 0.15) is 90.5 Å². The van der Waals surface area contributed by atoms with Crippen LogP contribution in [0.4, 0.5) is 0 Å². The van der Waals surface area contributed by atoms with E-state index in [9.17, 15) is 24.3 Å². The second-order valence-corrected chi connectivity index (χ2v) is 12.4. The van der Waals surface area contributed by atoms with Crippen molar-refractivity contribution in [1.82, 2.24) is 10.6 Å². The Morgan fingerprint density at radius 1 is 1.05 bits per heavy atom. The van der Waals surface area contributed by atoms with Crippen LogP contribution in [0.15, 0.2) is 24.3 Å². The summed E-state index contributed by atoms with van der Waals surface area (Å²) >= 11 is 1.11. The number of nitrogens with one attached hydrogen (secondary N) is 2. The van der Waals surface area contributed by atoms with Gasteiger partial charge in [-0.2, -0.15) is 0 Å². The smallest absolute Gasteiger partial charge is 0.328 e. The van der Waals surface area contributed by atoms with Crippen LogP contribution in [0.2, 0.25) is 0 Å². The van der Waals surface area contributed by atoms with Crippen molar-refractivity contribution in [3.63, 3.8) is 0 Å². The van der Waals surface area contributed by atoms with E-state index in [0.29, 0.717) is 12.8 Å². The van der Waals surface area contributed by atoms with Gasteiger partial charge in [-0.1, -0.05) is 76.8 Å². The third-order valence-electron chi connectivity index (χ3n) is 7.76. The van der Waals surface area contributed by atoms with E-state index < -0.39 is 28.7 Å². The minimum absolute atomic E-state index is 0.00664. The Bertz CT molecular complexity index is 984. The molecule has 0 spiro atoms. The molecule has 3 N–H and O–H groups in total. The lowest BCUT2D eigenvalue weighted by Gasteiger charge is -2.33. The van der Waals surface area contributed by atoms with Crippen molar-refractivity contribution in [2.75, 3.05) is 6.61 Å². The maximum Gasteiger partial charge on any atom is 0.328 e. The van der Waals surface area contributed by atoms with Crippen molar-refractivity contribution in [3.8, 4) is 5.75 Å². The first kappa shape index (κ1) is 31.0. The average Bonchev–Trinajstić information content (AvgIpc) is 3.61. The number of unbranched alkanes of at least 4 members (excludes halogenated alkanes) is 1. The molecule has 0 radical (unpaired) electrons. The van der Waals surface area contributed by atoms with E-state index in [1.807, 2.05) is 20.8 Å². The molecule has 3 rings (SSSR count). The number of carbonyl (C=O) groups excluding carboxylic acids is 4. The average molecular weight is 561 g/mol. The normalized spacial score (nSPS) is 18.5. The number of amides is 2. The number of thioether (sulfide) groups is 1. The molecule has 2 saturated carbocycles. The molecule has 1 aromatic rings. The quantitative estimate of drug-likeness (QED) is 0.237. The van der Waals surface area contributed by atoms with Crippen LogP contribution in [-0.2, 0) is 30.3 Å². The molecule has 8 nitrogen and oxygen atoms in total. The minimum Gasteiger partial charge on any atom is -0.508 e. The highest BCUT2D eigenvalue weighted by Gasteiger charge is 2.45. The number of rotatable bonds is 13. The van der Waals surface area contributed by atoms with Crippen LogP contribution in [0.3, 0.4) is 0 Å². The number of esters is 1. The Morgan fingerprint density at radius 2 is 1.69 bits per heavy atom. The Balaban J connectivity index is 1.74. The van der Waals surface area contributed by atoms with Crippen LogP contribution in [0.5, 0.6) is 5.75 Å². The second kappa shape index (κ2) is 14.7. The fraction of sp³-hybridized carbons (Fsp3) is 0.667. The van der Waals surface area contributed by atoms with Crippen molar-refractivity contribution in [2.24, 2.45) is 11.8 Å². The van der Waals surface area contributed by atoms with Crippen molar-refractivity contribution < 1.29 is 29.0 Å². The Kier molecular flexibility index (Phi) is 11.7. The zero-order valence-corrected chi connectivity index (χ0v) is 24.3. The lowest BCUT2D eigenvalue weighted by atomic mass is 9.94. The fourth-order valence-electron chi connectivity index (χ4n) is 5.34. The third-order valence-corrected chi connectivity index (χ3v) is 9.34. The molecule has 0 unspecified atom stereocenters. The molecule has 2 aliphatic carbocycles. The van der Waals surface area contributed by atoms with Crippen LogP contribution in [0, 0.1) is 11.8 Å².